The summed E-state index contributed by atoms with van der Waals surface area (Å²) in [6, 6.07) is 6.36. The molecule has 140 valence electrons. The number of carbonyl (C=O) groups is 2. The standard InChI is InChI=1S/C20H28N4O2/c25-19-13-16(14-24(19)18-6-1-2-7-18)20(26)23-11-9-22(10-12-23)15-17-5-3-4-8-21-17/h3-5,8,16,18H,1-2,6-7,9-15H2. The maximum atomic E-state index is 12.9. The zero-order chi connectivity index (χ0) is 17.9. The first-order valence-corrected chi connectivity index (χ1v) is 9.91. The molecule has 0 N–H and O–H groups in total. The van der Waals surface area contributed by atoms with Crippen LogP contribution in [-0.4, -0.2) is 70.3 Å². The second-order valence-corrected chi connectivity index (χ2v) is 7.81. The number of carbonyl (C=O) groups excluding carboxylic acids is 2. The molecule has 2 amide bonds. The molecule has 1 saturated carbocycles. The average Bonchev–Trinajstić information content (AvgIpc) is 3.32. The minimum absolute atomic E-state index is 0.134. The van der Waals surface area contributed by atoms with Gasteiger partial charge in [0.2, 0.25) is 11.8 Å². The maximum absolute atomic E-state index is 12.9. The van der Waals surface area contributed by atoms with Gasteiger partial charge in [-0.2, -0.15) is 0 Å². The Morgan fingerprint density at radius 1 is 1.12 bits per heavy atom. The first kappa shape index (κ1) is 17.5. The van der Waals surface area contributed by atoms with Crippen molar-refractivity contribution in [2.24, 2.45) is 5.92 Å². The summed E-state index contributed by atoms with van der Waals surface area (Å²) in [6.07, 6.45) is 6.88. The highest BCUT2D eigenvalue weighted by atomic mass is 16.2. The van der Waals surface area contributed by atoms with Gasteiger partial charge in [-0.25, -0.2) is 0 Å². The van der Waals surface area contributed by atoms with Gasteiger partial charge in [-0.15, -0.1) is 0 Å². The van der Waals surface area contributed by atoms with E-state index in [1.54, 1.807) is 0 Å². The number of hydrogen-bond acceptors (Lipinski definition) is 4. The number of nitrogens with zero attached hydrogens (tertiary/aromatic N) is 4. The fraction of sp³-hybridized carbons (Fsp3) is 0.650. The first-order chi connectivity index (χ1) is 12.7. The number of aromatic nitrogens is 1. The van der Waals surface area contributed by atoms with Crippen LogP contribution in [0, 0.1) is 5.92 Å². The fourth-order valence-electron chi connectivity index (χ4n) is 4.57. The van der Waals surface area contributed by atoms with E-state index in [2.05, 4.69) is 9.88 Å². The minimum Gasteiger partial charge on any atom is -0.340 e. The van der Waals surface area contributed by atoms with E-state index in [-0.39, 0.29) is 17.7 Å². The number of hydrogen-bond donors (Lipinski definition) is 0. The summed E-state index contributed by atoms with van der Waals surface area (Å²) in [7, 11) is 0. The Kier molecular flexibility index (Phi) is 5.20. The quantitative estimate of drug-likeness (QED) is 0.821. The molecule has 1 atom stereocenters. The van der Waals surface area contributed by atoms with Crippen LogP contribution in [0.1, 0.15) is 37.8 Å². The van der Waals surface area contributed by atoms with Crippen molar-refractivity contribution in [1.29, 1.82) is 0 Å². The highest BCUT2D eigenvalue weighted by Crippen LogP contribution is 2.30. The van der Waals surface area contributed by atoms with Crippen LogP contribution in [0.3, 0.4) is 0 Å². The van der Waals surface area contributed by atoms with Crippen molar-refractivity contribution in [3.63, 3.8) is 0 Å². The Morgan fingerprint density at radius 2 is 1.88 bits per heavy atom. The summed E-state index contributed by atoms with van der Waals surface area (Å²) >= 11 is 0. The van der Waals surface area contributed by atoms with E-state index in [1.165, 1.54) is 12.8 Å². The van der Waals surface area contributed by atoms with Crippen LogP contribution < -0.4 is 0 Å². The summed E-state index contributed by atoms with van der Waals surface area (Å²) in [5.74, 6) is 0.228. The smallest absolute Gasteiger partial charge is 0.228 e. The Bertz CT molecular complexity index is 636. The van der Waals surface area contributed by atoms with Crippen LogP contribution in [0.15, 0.2) is 24.4 Å². The molecule has 1 aliphatic carbocycles. The normalized spacial score (nSPS) is 25.2. The van der Waals surface area contributed by atoms with Gasteiger partial charge in [0.15, 0.2) is 0 Å². The summed E-state index contributed by atoms with van der Waals surface area (Å²) in [6.45, 7) is 4.71. The molecule has 26 heavy (non-hydrogen) atoms. The van der Waals surface area contributed by atoms with E-state index < -0.39 is 0 Å². The van der Waals surface area contributed by atoms with Crippen molar-refractivity contribution in [1.82, 2.24) is 19.7 Å². The number of pyridine rings is 1. The molecule has 1 unspecified atom stereocenters. The topological polar surface area (TPSA) is 56.8 Å². The van der Waals surface area contributed by atoms with Crippen molar-refractivity contribution in [2.75, 3.05) is 32.7 Å². The van der Waals surface area contributed by atoms with Crippen molar-refractivity contribution >= 4 is 11.8 Å². The van der Waals surface area contributed by atoms with Crippen LogP contribution in [0.5, 0.6) is 0 Å². The second-order valence-electron chi connectivity index (χ2n) is 7.81. The van der Waals surface area contributed by atoms with Gasteiger partial charge in [-0.05, 0) is 25.0 Å². The molecule has 1 aromatic heterocycles. The fourth-order valence-corrected chi connectivity index (χ4v) is 4.57. The number of rotatable bonds is 4. The number of amides is 2. The van der Waals surface area contributed by atoms with E-state index >= 15 is 0 Å². The van der Waals surface area contributed by atoms with Gasteiger partial charge in [0.05, 0.1) is 11.6 Å². The highest BCUT2D eigenvalue weighted by molar-refractivity contribution is 5.89. The molecule has 6 nitrogen and oxygen atoms in total. The largest absolute Gasteiger partial charge is 0.340 e. The van der Waals surface area contributed by atoms with Crippen molar-refractivity contribution in [2.45, 2.75) is 44.7 Å². The summed E-state index contributed by atoms with van der Waals surface area (Å²) < 4.78 is 0. The lowest BCUT2D eigenvalue weighted by molar-refractivity contribution is -0.137. The van der Waals surface area contributed by atoms with Crippen LogP contribution in [0.2, 0.25) is 0 Å². The predicted molar refractivity (Wildman–Crippen MR) is 98.2 cm³/mol. The molecule has 3 aliphatic rings. The summed E-state index contributed by atoms with van der Waals surface area (Å²) in [5.41, 5.74) is 1.07. The highest BCUT2D eigenvalue weighted by Gasteiger charge is 2.40. The second kappa shape index (κ2) is 7.74. The summed E-state index contributed by atoms with van der Waals surface area (Å²) in [4.78, 5) is 35.9. The molecule has 0 radical (unpaired) electrons. The SMILES string of the molecule is O=C(C1CC(=O)N(C2CCCC2)C1)N1CCN(Cc2ccccn2)CC1. The Labute approximate surface area is 155 Å². The number of piperazine rings is 1. The lowest BCUT2D eigenvalue weighted by atomic mass is 10.1. The summed E-state index contributed by atoms with van der Waals surface area (Å²) in [5, 5.41) is 0. The first-order valence-electron chi connectivity index (χ1n) is 9.91. The van der Waals surface area contributed by atoms with Gasteiger partial charge in [0.25, 0.3) is 0 Å². The predicted octanol–water partition coefficient (Wildman–Crippen LogP) is 1.52. The van der Waals surface area contributed by atoms with Crippen LogP contribution in [-0.2, 0) is 16.1 Å². The Hall–Kier alpha value is -1.95. The molecule has 6 heteroatoms. The average molecular weight is 356 g/mol. The van der Waals surface area contributed by atoms with Gasteiger partial charge in [0, 0.05) is 57.9 Å². The zero-order valence-corrected chi connectivity index (χ0v) is 15.3. The molecule has 3 heterocycles. The van der Waals surface area contributed by atoms with Crippen molar-refractivity contribution in [3.05, 3.63) is 30.1 Å². The van der Waals surface area contributed by atoms with Crippen LogP contribution >= 0.6 is 0 Å². The molecule has 4 rings (SSSR count). The van der Waals surface area contributed by atoms with Gasteiger partial charge < -0.3 is 9.80 Å². The van der Waals surface area contributed by atoms with E-state index in [4.69, 9.17) is 0 Å². The van der Waals surface area contributed by atoms with Gasteiger partial charge in [0.1, 0.15) is 0 Å². The van der Waals surface area contributed by atoms with E-state index in [0.717, 1.165) is 51.3 Å². The van der Waals surface area contributed by atoms with Crippen LogP contribution in [0.4, 0.5) is 0 Å². The van der Waals surface area contributed by atoms with Crippen molar-refractivity contribution < 1.29 is 9.59 Å². The lowest BCUT2D eigenvalue weighted by Gasteiger charge is -2.35. The van der Waals surface area contributed by atoms with E-state index in [1.807, 2.05) is 34.2 Å². The Balaban J connectivity index is 1.28. The third-order valence-electron chi connectivity index (χ3n) is 6.07. The molecule has 2 saturated heterocycles. The van der Waals surface area contributed by atoms with Gasteiger partial charge >= 0.3 is 0 Å². The van der Waals surface area contributed by atoms with Gasteiger partial charge in [-0.1, -0.05) is 18.9 Å². The third kappa shape index (κ3) is 3.75. The molecule has 3 fully saturated rings. The van der Waals surface area contributed by atoms with E-state index in [0.29, 0.717) is 19.0 Å². The van der Waals surface area contributed by atoms with E-state index in [9.17, 15) is 9.59 Å². The molecular formula is C20H28N4O2. The molecule has 0 bridgehead atoms. The Morgan fingerprint density at radius 3 is 2.58 bits per heavy atom. The molecule has 2 aliphatic heterocycles. The van der Waals surface area contributed by atoms with Crippen molar-refractivity contribution in [3.8, 4) is 0 Å². The van der Waals surface area contributed by atoms with Crippen LogP contribution in [0.25, 0.3) is 0 Å². The third-order valence-corrected chi connectivity index (χ3v) is 6.07. The molecule has 0 aromatic carbocycles. The lowest BCUT2D eigenvalue weighted by Crippen LogP contribution is -2.50. The number of likely N-dealkylation sites (tertiary alicyclic amines) is 1. The molecule has 0 spiro atoms. The minimum atomic E-state index is -0.134. The maximum Gasteiger partial charge on any atom is 0.228 e. The molecule has 1 aromatic rings. The molecular weight excluding hydrogens is 328 g/mol. The zero-order valence-electron chi connectivity index (χ0n) is 15.3. The van der Waals surface area contributed by atoms with Gasteiger partial charge in [-0.3, -0.25) is 19.5 Å². The monoisotopic (exact) mass is 356 g/mol.